The third-order valence-corrected chi connectivity index (χ3v) is 3.01. The zero-order valence-corrected chi connectivity index (χ0v) is 12.4. The van der Waals surface area contributed by atoms with Crippen LogP contribution in [0, 0.1) is 5.92 Å². The van der Waals surface area contributed by atoms with Gasteiger partial charge in [0, 0.05) is 31.7 Å². The second kappa shape index (κ2) is 8.55. The predicted molar refractivity (Wildman–Crippen MR) is 78.4 cm³/mol. The Morgan fingerprint density at radius 1 is 1.47 bits per heavy atom. The number of rotatable bonds is 3. The lowest BCUT2D eigenvalue weighted by molar-refractivity contribution is 0.0922. The number of β-amino-alcohol motifs (C(OH)–C–C–N with tert-alkyl or cyclic N) is 1. The zero-order chi connectivity index (χ0) is 12.3. The number of nitrogens with one attached hydrogen (secondary N) is 2. The van der Waals surface area contributed by atoms with Crippen LogP contribution >= 0.6 is 36.4 Å². The fourth-order valence-electron chi connectivity index (χ4n) is 1.75. The molecule has 0 aliphatic carbocycles. The summed E-state index contributed by atoms with van der Waals surface area (Å²) in [5.74, 6) is -0.188. The van der Waals surface area contributed by atoms with Crippen molar-refractivity contribution in [2.24, 2.45) is 5.92 Å². The first-order valence-electron chi connectivity index (χ1n) is 5.45. The minimum Gasteiger partial charge on any atom is -0.391 e. The van der Waals surface area contributed by atoms with Gasteiger partial charge in [-0.2, -0.15) is 0 Å². The van der Waals surface area contributed by atoms with Crippen molar-refractivity contribution in [3.8, 4) is 0 Å². The second-order valence-electron chi connectivity index (χ2n) is 4.06. The second-order valence-corrected chi connectivity index (χ2v) is 4.49. The molecule has 1 aromatic rings. The van der Waals surface area contributed by atoms with Gasteiger partial charge in [-0.1, -0.05) is 11.6 Å². The molecule has 0 bridgehead atoms. The maximum Gasteiger partial charge on any atom is 0.269 e. The summed E-state index contributed by atoms with van der Waals surface area (Å²) >= 11 is 5.68. The van der Waals surface area contributed by atoms with Gasteiger partial charge in [-0.05, 0) is 12.1 Å². The Labute approximate surface area is 128 Å². The highest BCUT2D eigenvalue weighted by Crippen LogP contribution is 2.08. The number of halogens is 3. The molecule has 0 aromatic carbocycles. The van der Waals surface area contributed by atoms with Crippen molar-refractivity contribution in [2.75, 3.05) is 19.6 Å². The highest BCUT2D eigenvalue weighted by molar-refractivity contribution is 6.30. The van der Waals surface area contributed by atoms with E-state index in [9.17, 15) is 9.90 Å². The molecule has 2 atom stereocenters. The molecule has 1 fully saturated rings. The van der Waals surface area contributed by atoms with Crippen molar-refractivity contribution in [3.05, 3.63) is 29.0 Å². The van der Waals surface area contributed by atoms with E-state index in [1.165, 1.54) is 6.20 Å². The van der Waals surface area contributed by atoms with Crippen molar-refractivity contribution in [1.82, 2.24) is 15.6 Å². The summed E-state index contributed by atoms with van der Waals surface area (Å²) in [4.78, 5) is 15.6. The summed E-state index contributed by atoms with van der Waals surface area (Å²) in [7, 11) is 0. The number of hydrogen-bond acceptors (Lipinski definition) is 4. The third kappa shape index (κ3) is 5.12. The molecular weight excluding hydrogens is 312 g/mol. The molecule has 5 nitrogen and oxygen atoms in total. The van der Waals surface area contributed by atoms with Crippen LogP contribution in [0.5, 0.6) is 0 Å². The SMILES string of the molecule is Cl.Cl.O=C(NCC1CNCC1O)c1ccc(Cl)cn1. The maximum absolute atomic E-state index is 11.7. The van der Waals surface area contributed by atoms with E-state index in [1.807, 2.05) is 0 Å². The number of aromatic nitrogens is 1. The van der Waals surface area contributed by atoms with E-state index in [1.54, 1.807) is 12.1 Å². The lowest BCUT2D eigenvalue weighted by Gasteiger charge is -2.13. The Bertz CT molecular complexity index is 403. The van der Waals surface area contributed by atoms with E-state index < -0.39 is 6.10 Å². The van der Waals surface area contributed by atoms with Gasteiger partial charge in [-0.15, -0.1) is 24.8 Å². The Kier molecular flexibility index (Phi) is 8.29. The minimum atomic E-state index is -0.395. The average molecular weight is 329 g/mol. The van der Waals surface area contributed by atoms with Crippen molar-refractivity contribution in [1.29, 1.82) is 0 Å². The first-order valence-corrected chi connectivity index (χ1v) is 5.83. The van der Waals surface area contributed by atoms with Crippen molar-refractivity contribution >= 4 is 42.3 Å². The number of hydrogen-bond donors (Lipinski definition) is 3. The van der Waals surface area contributed by atoms with E-state index in [-0.39, 0.29) is 36.6 Å². The van der Waals surface area contributed by atoms with Crippen LogP contribution < -0.4 is 10.6 Å². The number of carbonyl (C=O) groups is 1. The van der Waals surface area contributed by atoms with Gasteiger partial charge in [0.2, 0.25) is 0 Å². The van der Waals surface area contributed by atoms with Crippen LogP contribution in [0.25, 0.3) is 0 Å². The summed E-state index contributed by atoms with van der Waals surface area (Å²) in [5.41, 5.74) is 0.329. The molecule has 1 amide bonds. The molecule has 1 aliphatic rings. The fourth-order valence-corrected chi connectivity index (χ4v) is 1.86. The summed E-state index contributed by atoms with van der Waals surface area (Å²) in [6.07, 6.45) is 1.04. The Hall–Kier alpha value is -0.590. The lowest BCUT2D eigenvalue weighted by Crippen LogP contribution is -2.34. The highest BCUT2D eigenvalue weighted by Gasteiger charge is 2.25. The Morgan fingerprint density at radius 3 is 2.74 bits per heavy atom. The van der Waals surface area contributed by atoms with Crippen LogP contribution in [0.1, 0.15) is 10.5 Å². The van der Waals surface area contributed by atoms with Crippen LogP contribution in [-0.2, 0) is 0 Å². The molecule has 0 spiro atoms. The highest BCUT2D eigenvalue weighted by atomic mass is 35.5. The molecule has 1 aromatic heterocycles. The number of amides is 1. The molecule has 2 rings (SSSR count). The van der Waals surface area contributed by atoms with Gasteiger partial charge in [0.15, 0.2) is 0 Å². The largest absolute Gasteiger partial charge is 0.391 e. The summed E-state index contributed by atoms with van der Waals surface area (Å²) in [5, 5.41) is 15.9. The quantitative estimate of drug-likeness (QED) is 0.770. The van der Waals surface area contributed by atoms with Gasteiger partial charge in [0.25, 0.3) is 5.91 Å². The predicted octanol–water partition coefficient (Wildman–Crippen LogP) is 0.889. The van der Waals surface area contributed by atoms with E-state index in [4.69, 9.17) is 11.6 Å². The lowest BCUT2D eigenvalue weighted by atomic mass is 10.1. The van der Waals surface area contributed by atoms with Gasteiger partial charge in [-0.25, -0.2) is 4.98 Å². The molecule has 2 unspecified atom stereocenters. The normalized spacial score (nSPS) is 21.2. The molecule has 2 heterocycles. The van der Waals surface area contributed by atoms with Crippen LogP contribution in [-0.4, -0.2) is 41.7 Å². The molecule has 1 saturated heterocycles. The molecule has 0 saturated carbocycles. The number of carbonyl (C=O) groups excluding carboxylic acids is 1. The molecular formula is C11H16Cl3N3O2. The van der Waals surface area contributed by atoms with E-state index >= 15 is 0 Å². The van der Waals surface area contributed by atoms with Gasteiger partial charge in [-0.3, -0.25) is 4.79 Å². The third-order valence-electron chi connectivity index (χ3n) is 2.79. The van der Waals surface area contributed by atoms with Gasteiger partial charge < -0.3 is 15.7 Å². The number of aliphatic hydroxyl groups excluding tert-OH is 1. The number of nitrogens with zero attached hydrogens (tertiary/aromatic N) is 1. The van der Waals surface area contributed by atoms with Crippen molar-refractivity contribution in [2.45, 2.75) is 6.10 Å². The van der Waals surface area contributed by atoms with Crippen LogP contribution in [0.15, 0.2) is 18.3 Å². The zero-order valence-electron chi connectivity index (χ0n) is 10.0. The minimum absolute atomic E-state index is 0. The first-order chi connectivity index (χ1) is 8.16. The van der Waals surface area contributed by atoms with Crippen molar-refractivity contribution in [3.63, 3.8) is 0 Å². The fraction of sp³-hybridized carbons (Fsp3) is 0.455. The number of pyridine rings is 1. The summed E-state index contributed by atoms with van der Waals surface area (Å²) < 4.78 is 0. The van der Waals surface area contributed by atoms with Crippen LogP contribution in [0.4, 0.5) is 0 Å². The van der Waals surface area contributed by atoms with Gasteiger partial charge in [0.1, 0.15) is 5.69 Å². The van der Waals surface area contributed by atoms with E-state index in [2.05, 4.69) is 15.6 Å². The maximum atomic E-state index is 11.7. The molecule has 8 heteroatoms. The van der Waals surface area contributed by atoms with Crippen molar-refractivity contribution < 1.29 is 9.90 Å². The molecule has 1 aliphatic heterocycles. The molecule has 108 valence electrons. The standard InChI is InChI=1S/C11H14ClN3O2.2ClH/c12-8-1-2-9(14-5-8)11(17)15-4-7-3-13-6-10(7)16;;/h1-2,5,7,10,13,16H,3-4,6H2,(H,15,17);2*1H. The summed E-state index contributed by atoms with van der Waals surface area (Å²) in [6.45, 7) is 1.74. The molecule has 19 heavy (non-hydrogen) atoms. The smallest absolute Gasteiger partial charge is 0.269 e. The molecule has 3 N–H and O–H groups in total. The average Bonchev–Trinajstić information content (AvgIpc) is 2.73. The monoisotopic (exact) mass is 327 g/mol. The summed E-state index contributed by atoms with van der Waals surface area (Å²) in [6, 6.07) is 3.19. The topological polar surface area (TPSA) is 74.2 Å². The Morgan fingerprint density at radius 2 is 2.21 bits per heavy atom. The van der Waals surface area contributed by atoms with Crippen LogP contribution in [0.3, 0.4) is 0 Å². The first kappa shape index (κ1) is 18.4. The Balaban J connectivity index is 0.00000162. The van der Waals surface area contributed by atoms with Crippen LogP contribution in [0.2, 0.25) is 5.02 Å². The van der Waals surface area contributed by atoms with E-state index in [0.717, 1.165) is 6.54 Å². The molecule has 0 radical (unpaired) electrons. The van der Waals surface area contributed by atoms with Gasteiger partial charge in [0.05, 0.1) is 11.1 Å². The van der Waals surface area contributed by atoms with E-state index in [0.29, 0.717) is 23.8 Å². The number of aliphatic hydroxyl groups is 1. The van der Waals surface area contributed by atoms with Gasteiger partial charge >= 0.3 is 0 Å².